The maximum Gasteiger partial charge on any atom is 0.305 e. The largest absolute Gasteiger partial charge is 0.481 e. The molecule has 6 heteroatoms. The molecule has 0 radical (unpaired) electrons. The van der Waals surface area contributed by atoms with Gasteiger partial charge in [0.05, 0.1) is 12.0 Å². The highest BCUT2D eigenvalue weighted by Gasteiger charge is 2.06. The summed E-state index contributed by atoms with van der Waals surface area (Å²) in [5.41, 5.74) is 6.26. The van der Waals surface area contributed by atoms with E-state index >= 15 is 0 Å². The van der Waals surface area contributed by atoms with Crippen molar-refractivity contribution in [2.75, 3.05) is 11.9 Å². The van der Waals surface area contributed by atoms with Gasteiger partial charge in [-0.25, -0.2) is 0 Å². The highest BCUT2D eigenvalue weighted by molar-refractivity contribution is 9.10. The smallest absolute Gasteiger partial charge is 0.305 e. The van der Waals surface area contributed by atoms with Gasteiger partial charge in [0.25, 0.3) is 0 Å². The first-order valence-corrected chi connectivity index (χ1v) is 5.35. The lowest BCUT2D eigenvalue weighted by Crippen LogP contribution is -2.12. The van der Waals surface area contributed by atoms with Crippen molar-refractivity contribution in [3.05, 3.63) is 28.2 Å². The number of hydrogen-bond donors (Lipinski definition) is 3. The molecule has 0 unspecified atom stereocenters. The van der Waals surface area contributed by atoms with E-state index in [0.29, 0.717) is 16.6 Å². The van der Waals surface area contributed by atoms with E-state index in [4.69, 9.17) is 10.8 Å². The lowest BCUT2D eigenvalue weighted by Gasteiger charge is -2.06. The Hall–Kier alpha value is -1.56. The van der Waals surface area contributed by atoms with Gasteiger partial charge < -0.3 is 16.2 Å². The van der Waals surface area contributed by atoms with E-state index in [9.17, 15) is 9.59 Å². The van der Waals surface area contributed by atoms with Gasteiger partial charge in [0.2, 0.25) is 5.91 Å². The first kappa shape index (κ1) is 12.5. The third-order valence-electron chi connectivity index (χ3n) is 1.90. The van der Waals surface area contributed by atoms with Crippen molar-refractivity contribution in [2.24, 2.45) is 5.73 Å². The van der Waals surface area contributed by atoms with Crippen LogP contribution in [0.25, 0.3) is 0 Å². The quantitative estimate of drug-likeness (QED) is 0.764. The Balaban J connectivity index is 2.66. The van der Waals surface area contributed by atoms with E-state index in [1.54, 1.807) is 18.2 Å². The molecule has 5 nitrogen and oxygen atoms in total. The number of rotatable bonds is 5. The molecule has 0 saturated heterocycles. The number of benzene rings is 1. The molecule has 0 fully saturated rings. The lowest BCUT2D eigenvalue weighted by molar-refractivity contribution is -0.136. The summed E-state index contributed by atoms with van der Waals surface area (Å²) in [7, 11) is 0. The van der Waals surface area contributed by atoms with Crippen LogP contribution in [-0.2, 0) is 4.79 Å². The number of primary amides is 1. The first-order chi connectivity index (χ1) is 7.50. The van der Waals surface area contributed by atoms with Gasteiger partial charge in [0.15, 0.2) is 0 Å². The summed E-state index contributed by atoms with van der Waals surface area (Å²) in [6.45, 7) is 0.331. The number of amides is 1. The number of halogens is 1. The summed E-state index contributed by atoms with van der Waals surface area (Å²) in [6, 6.07) is 4.93. The predicted octanol–water partition coefficient (Wildman–Crippen LogP) is 1.43. The average Bonchev–Trinajstić information content (AvgIpc) is 2.16. The number of hydrogen-bond acceptors (Lipinski definition) is 3. The van der Waals surface area contributed by atoms with Crippen LogP contribution in [0.5, 0.6) is 0 Å². The van der Waals surface area contributed by atoms with Crippen molar-refractivity contribution in [1.82, 2.24) is 0 Å². The van der Waals surface area contributed by atoms with Crippen molar-refractivity contribution in [3.63, 3.8) is 0 Å². The Kier molecular flexibility index (Phi) is 4.30. The molecule has 0 aliphatic carbocycles. The Morgan fingerprint density at radius 1 is 1.44 bits per heavy atom. The zero-order valence-corrected chi connectivity index (χ0v) is 9.95. The molecule has 0 aromatic heterocycles. The maximum absolute atomic E-state index is 10.9. The monoisotopic (exact) mass is 286 g/mol. The summed E-state index contributed by atoms with van der Waals surface area (Å²) in [6.07, 6.45) is 0.0369. The fourth-order valence-corrected chi connectivity index (χ4v) is 1.71. The van der Waals surface area contributed by atoms with Gasteiger partial charge in [0, 0.05) is 16.7 Å². The van der Waals surface area contributed by atoms with Crippen LogP contribution in [0.2, 0.25) is 0 Å². The van der Waals surface area contributed by atoms with Crippen LogP contribution < -0.4 is 11.1 Å². The van der Waals surface area contributed by atoms with Crippen molar-refractivity contribution in [2.45, 2.75) is 6.42 Å². The predicted molar refractivity (Wildman–Crippen MR) is 63.4 cm³/mol. The zero-order valence-electron chi connectivity index (χ0n) is 8.37. The molecule has 0 spiro atoms. The molecular formula is C10H11BrN2O3. The number of nitrogens with one attached hydrogen (secondary N) is 1. The Morgan fingerprint density at radius 3 is 2.62 bits per heavy atom. The third kappa shape index (κ3) is 3.54. The number of carbonyl (C=O) groups is 2. The molecule has 86 valence electrons. The molecule has 0 bridgehead atoms. The van der Waals surface area contributed by atoms with Gasteiger partial charge in [-0.2, -0.15) is 0 Å². The maximum atomic E-state index is 10.9. The molecule has 0 heterocycles. The summed E-state index contributed by atoms with van der Waals surface area (Å²) in [4.78, 5) is 21.2. The van der Waals surface area contributed by atoms with Gasteiger partial charge in [-0.1, -0.05) is 0 Å². The minimum Gasteiger partial charge on any atom is -0.481 e. The van der Waals surface area contributed by atoms with E-state index in [1.807, 2.05) is 0 Å². The molecular weight excluding hydrogens is 276 g/mol. The molecule has 1 aromatic rings. The van der Waals surface area contributed by atoms with E-state index in [1.165, 1.54) is 0 Å². The fraction of sp³-hybridized carbons (Fsp3) is 0.200. The van der Waals surface area contributed by atoms with Crippen LogP contribution in [0.15, 0.2) is 22.7 Å². The average molecular weight is 287 g/mol. The number of carboxylic acids is 1. The number of nitrogens with two attached hydrogens (primary N) is 1. The van der Waals surface area contributed by atoms with Crippen LogP contribution in [-0.4, -0.2) is 23.5 Å². The van der Waals surface area contributed by atoms with Crippen LogP contribution in [0.3, 0.4) is 0 Å². The Morgan fingerprint density at radius 2 is 2.12 bits per heavy atom. The molecule has 4 N–H and O–H groups in total. The second kappa shape index (κ2) is 5.50. The Labute approximate surface area is 101 Å². The molecule has 0 saturated carbocycles. The third-order valence-corrected chi connectivity index (χ3v) is 2.56. The summed E-state index contributed by atoms with van der Waals surface area (Å²) < 4.78 is 0.584. The van der Waals surface area contributed by atoms with Crippen LogP contribution in [0.4, 0.5) is 5.69 Å². The van der Waals surface area contributed by atoms with Gasteiger partial charge >= 0.3 is 5.97 Å². The van der Waals surface area contributed by atoms with E-state index < -0.39 is 11.9 Å². The number of carbonyl (C=O) groups excluding carboxylic acids is 1. The van der Waals surface area contributed by atoms with Crippen molar-refractivity contribution < 1.29 is 14.7 Å². The molecule has 1 amide bonds. The molecule has 1 rings (SSSR count). The van der Waals surface area contributed by atoms with Gasteiger partial charge in [-0.15, -0.1) is 0 Å². The minimum absolute atomic E-state index is 0.0369. The molecule has 0 aliphatic heterocycles. The van der Waals surface area contributed by atoms with Gasteiger partial charge in [-0.05, 0) is 34.1 Å². The topological polar surface area (TPSA) is 92.4 Å². The number of carboxylic acid groups (broad SMARTS) is 1. The van der Waals surface area contributed by atoms with Crippen LogP contribution in [0, 0.1) is 0 Å². The van der Waals surface area contributed by atoms with Crippen molar-refractivity contribution in [3.8, 4) is 0 Å². The van der Waals surface area contributed by atoms with Crippen LogP contribution in [0.1, 0.15) is 16.8 Å². The highest BCUT2D eigenvalue weighted by atomic mass is 79.9. The van der Waals surface area contributed by atoms with Gasteiger partial charge in [-0.3, -0.25) is 9.59 Å². The fourth-order valence-electron chi connectivity index (χ4n) is 1.14. The molecule has 0 atom stereocenters. The SMILES string of the molecule is NC(=O)c1ccc(NCCC(=O)O)cc1Br. The number of aliphatic carboxylic acids is 1. The second-order valence-corrected chi connectivity index (χ2v) is 3.98. The normalized spacial score (nSPS) is 9.81. The van der Waals surface area contributed by atoms with E-state index in [2.05, 4.69) is 21.2 Å². The molecule has 16 heavy (non-hydrogen) atoms. The standard InChI is InChI=1S/C10H11BrN2O3/c11-8-5-6(13-4-3-9(14)15)1-2-7(8)10(12)16/h1-2,5,13H,3-4H2,(H2,12,16)(H,14,15). The molecule has 1 aromatic carbocycles. The highest BCUT2D eigenvalue weighted by Crippen LogP contribution is 2.21. The second-order valence-electron chi connectivity index (χ2n) is 3.13. The van der Waals surface area contributed by atoms with E-state index in [-0.39, 0.29) is 6.42 Å². The van der Waals surface area contributed by atoms with Gasteiger partial charge in [0.1, 0.15) is 0 Å². The molecule has 0 aliphatic rings. The summed E-state index contributed by atoms with van der Waals surface area (Å²) >= 11 is 3.21. The Bertz CT molecular complexity index is 421. The first-order valence-electron chi connectivity index (χ1n) is 4.55. The zero-order chi connectivity index (χ0) is 12.1. The van der Waals surface area contributed by atoms with Crippen LogP contribution >= 0.6 is 15.9 Å². The van der Waals surface area contributed by atoms with Crippen molar-refractivity contribution in [1.29, 1.82) is 0 Å². The summed E-state index contributed by atoms with van der Waals surface area (Å²) in [5, 5.41) is 11.4. The lowest BCUT2D eigenvalue weighted by atomic mass is 10.2. The minimum atomic E-state index is -0.861. The number of anilines is 1. The van der Waals surface area contributed by atoms with E-state index in [0.717, 1.165) is 5.69 Å². The summed E-state index contributed by atoms with van der Waals surface area (Å²) in [5.74, 6) is -1.37. The van der Waals surface area contributed by atoms with Crippen molar-refractivity contribution >= 4 is 33.5 Å².